The maximum Gasteiger partial charge on any atom is 0.286 e. The maximum absolute atomic E-state index is 6.02. The molecule has 1 heterocycles. The van der Waals surface area contributed by atoms with Crippen molar-refractivity contribution in [3.63, 3.8) is 0 Å². The van der Waals surface area contributed by atoms with Crippen LogP contribution in [0, 0.1) is 0 Å². The molecule has 78 valence electrons. The molecule has 0 aliphatic carbocycles. The Balaban J connectivity index is 2.24. The topological polar surface area (TPSA) is 47.7 Å². The van der Waals surface area contributed by atoms with Gasteiger partial charge in [-0.2, -0.15) is 0 Å². The van der Waals surface area contributed by atoms with Crippen molar-refractivity contribution >= 4 is 23.2 Å². The summed E-state index contributed by atoms with van der Waals surface area (Å²) < 4.78 is 3.07. The van der Waals surface area contributed by atoms with Gasteiger partial charge < -0.3 is 0 Å². The first kappa shape index (κ1) is 10.3. The highest BCUT2D eigenvalue weighted by atomic mass is 35.5. The van der Waals surface area contributed by atoms with E-state index in [4.69, 9.17) is 29.0 Å². The molecule has 1 aromatic heterocycles. The van der Waals surface area contributed by atoms with E-state index in [9.17, 15) is 0 Å². The molecule has 0 fully saturated rings. The predicted octanol–water partition coefficient (Wildman–Crippen LogP) is 1.24. The van der Waals surface area contributed by atoms with Crippen molar-refractivity contribution < 1.29 is 4.68 Å². The molecule has 0 unspecified atom stereocenters. The molecule has 0 aliphatic rings. The molecule has 0 saturated carbocycles. The molecule has 0 amide bonds. The van der Waals surface area contributed by atoms with E-state index in [1.807, 2.05) is 6.07 Å². The van der Waals surface area contributed by atoms with Crippen LogP contribution in [0.1, 0.15) is 5.56 Å². The van der Waals surface area contributed by atoms with E-state index in [-0.39, 0.29) is 0 Å². The monoisotopic (exact) mass is 243 g/mol. The van der Waals surface area contributed by atoms with Crippen molar-refractivity contribution in [3.05, 3.63) is 46.5 Å². The standard InChI is InChI=1S/C9H9Cl2N4/c10-8-2-1-7(9(11)3-8)4-15-6-14(12)5-13-15/h1-3,5-6H,4,12H2/q+1. The van der Waals surface area contributed by atoms with E-state index >= 15 is 0 Å². The Morgan fingerprint density at radius 2 is 2.20 bits per heavy atom. The van der Waals surface area contributed by atoms with E-state index in [0.29, 0.717) is 16.6 Å². The van der Waals surface area contributed by atoms with Crippen molar-refractivity contribution in [2.24, 2.45) is 0 Å². The number of hydrogen-bond donors (Lipinski definition) is 1. The largest absolute Gasteiger partial charge is 0.289 e. The van der Waals surface area contributed by atoms with Crippen molar-refractivity contribution in [2.75, 3.05) is 5.84 Å². The average molecular weight is 244 g/mol. The molecule has 4 nitrogen and oxygen atoms in total. The first-order valence-corrected chi connectivity index (χ1v) is 5.03. The zero-order valence-corrected chi connectivity index (χ0v) is 9.28. The lowest BCUT2D eigenvalue weighted by molar-refractivity contribution is -0.639. The Hall–Kier alpha value is -1.26. The van der Waals surface area contributed by atoms with Gasteiger partial charge in [0.15, 0.2) is 0 Å². The molecule has 0 saturated heterocycles. The van der Waals surface area contributed by atoms with Crippen molar-refractivity contribution in [1.82, 2.24) is 9.78 Å². The number of nitrogens with zero attached hydrogens (tertiary/aromatic N) is 3. The van der Waals surface area contributed by atoms with Crippen LogP contribution in [0.25, 0.3) is 0 Å². The Morgan fingerprint density at radius 3 is 2.80 bits per heavy atom. The van der Waals surface area contributed by atoms with Crippen LogP contribution >= 0.6 is 23.2 Å². The highest BCUT2D eigenvalue weighted by Gasteiger charge is 2.07. The first-order valence-electron chi connectivity index (χ1n) is 4.28. The lowest BCUT2D eigenvalue weighted by Gasteiger charge is -2.00. The molecule has 0 bridgehead atoms. The summed E-state index contributed by atoms with van der Waals surface area (Å²) in [4.78, 5) is 0. The molecule has 2 N–H and O–H groups in total. The molecule has 2 rings (SSSR count). The Labute approximate surface area is 96.8 Å². The highest BCUT2D eigenvalue weighted by molar-refractivity contribution is 6.35. The second-order valence-electron chi connectivity index (χ2n) is 3.13. The molecule has 15 heavy (non-hydrogen) atoms. The molecule has 0 spiro atoms. The van der Waals surface area contributed by atoms with E-state index in [1.165, 1.54) is 11.0 Å². The fourth-order valence-electron chi connectivity index (χ4n) is 1.25. The summed E-state index contributed by atoms with van der Waals surface area (Å²) in [5.74, 6) is 5.47. The van der Waals surface area contributed by atoms with Crippen molar-refractivity contribution in [1.29, 1.82) is 0 Å². The van der Waals surface area contributed by atoms with Gasteiger partial charge in [-0.1, -0.05) is 29.3 Å². The second-order valence-corrected chi connectivity index (χ2v) is 3.97. The lowest BCUT2D eigenvalue weighted by atomic mass is 10.2. The Morgan fingerprint density at radius 1 is 1.40 bits per heavy atom. The number of nitrogens with two attached hydrogens (primary N) is 1. The Kier molecular flexibility index (Phi) is 2.79. The number of nitrogen functional groups attached to an aromatic ring is 1. The third-order valence-electron chi connectivity index (χ3n) is 1.95. The van der Waals surface area contributed by atoms with Gasteiger partial charge in [0.05, 0.1) is 0 Å². The molecular formula is C9H9Cl2N4+. The number of halogens is 2. The summed E-state index contributed by atoms with van der Waals surface area (Å²) >= 11 is 11.8. The van der Waals surface area contributed by atoms with Gasteiger partial charge in [0.2, 0.25) is 6.33 Å². The van der Waals surface area contributed by atoms with Gasteiger partial charge in [0, 0.05) is 20.7 Å². The summed E-state index contributed by atoms with van der Waals surface area (Å²) in [5.41, 5.74) is 0.949. The smallest absolute Gasteiger partial charge is 0.286 e. The van der Waals surface area contributed by atoms with Crippen LogP contribution in [0.15, 0.2) is 30.9 Å². The van der Waals surface area contributed by atoms with Gasteiger partial charge in [0.25, 0.3) is 6.33 Å². The van der Waals surface area contributed by atoms with Crippen molar-refractivity contribution in [2.45, 2.75) is 6.54 Å². The number of benzene rings is 1. The minimum atomic E-state index is 0.570. The molecule has 0 atom stereocenters. The first-order chi connectivity index (χ1) is 7.15. The van der Waals surface area contributed by atoms with Gasteiger partial charge in [-0.3, -0.25) is 5.84 Å². The Bertz CT molecular complexity index is 481. The lowest BCUT2D eigenvalue weighted by Crippen LogP contribution is -2.42. The number of aromatic nitrogens is 3. The van der Waals surface area contributed by atoms with Gasteiger partial charge in [0.1, 0.15) is 6.54 Å². The maximum atomic E-state index is 6.02. The van der Waals surface area contributed by atoms with Crippen molar-refractivity contribution in [3.8, 4) is 0 Å². The fourth-order valence-corrected chi connectivity index (χ4v) is 1.71. The van der Waals surface area contributed by atoms with Gasteiger partial charge >= 0.3 is 0 Å². The van der Waals surface area contributed by atoms with Crippen LogP contribution in [0.2, 0.25) is 10.0 Å². The van der Waals surface area contributed by atoms with E-state index in [0.717, 1.165) is 5.56 Å². The quantitative estimate of drug-likeness (QED) is 0.638. The summed E-state index contributed by atoms with van der Waals surface area (Å²) in [5, 5.41) is 5.29. The zero-order valence-electron chi connectivity index (χ0n) is 7.77. The highest BCUT2D eigenvalue weighted by Crippen LogP contribution is 2.21. The summed E-state index contributed by atoms with van der Waals surface area (Å²) in [6, 6.07) is 5.37. The molecule has 1 aromatic carbocycles. The summed E-state index contributed by atoms with van der Waals surface area (Å²) in [7, 11) is 0. The number of hydrogen-bond acceptors (Lipinski definition) is 2. The van der Waals surface area contributed by atoms with Gasteiger partial charge in [-0.15, -0.1) is 9.36 Å². The van der Waals surface area contributed by atoms with Crippen LogP contribution in [0.5, 0.6) is 0 Å². The third kappa shape index (κ3) is 2.40. The summed E-state index contributed by atoms with van der Waals surface area (Å²) in [6.45, 7) is 0.570. The van der Waals surface area contributed by atoms with Crippen LogP contribution in [-0.4, -0.2) is 9.78 Å². The average Bonchev–Trinajstić information content (AvgIpc) is 2.56. The zero-order chi connectivity index (χ0) is 10.8. The molecule has 6 heteroatoms. The number of rotatable bonds is 2. The van der Waals surface area contributed by atoms with Crippen LogP contribution in [0.4, 0.5) is 0 Å². The fraction of sp³-hybridized carbons (Fsp3) is 0.111. The van der Waals surface area contributed by atoms with E-state index in [2.05, 4.69) is 5.10 Å². The minimum absolute atomic E-state index is 0.570. The SMILES string of the molecule is N[n+]1cnn(Cc2ccc(Cl)cc2Cl)c1. The van der Waals surface area contributed by atoms with Crippen LogP contribution in [-0.2, 0) is 6.54 Å². The van der Waals surface area contributed by atoms with E-state index in [1.54, 1.807) is 23.1 Å². The van der Waals surface area contributed by atoms with Gasteiger partial charge in [-0.05, 0) is 12.1 Å². The molecule has 0 radical (unpaired) electrons. The second kappa shape index (κ2) is 4.08. The molecule has 0 aliphatic heterocycles. The van der Waals surface area contributed by atoms with Crippen LogP contribution < -0.4 is 10.5 Å². The minimum Gasteiger partial charge on any atom is -0.289 e. The molecular weight excluding hydrogens is 235 g/mol. The van der Waals surface area contributed by atoms with E-state index < -0.39 is 0 Å². The molecule has 2 aromatic rings. The van der Waals surface area contributed by atoms with Crippen LogP contribution in [0.3, 0.4) is 0 Å². The van der Waals surface area contributed by atoms with Gasteiger partial charge in [-0.25, -0.2) is 0 Å². The summed E-state index contributed by atoms with van der Waals surface area (Å²) in [6.07, 6.45) is 3.19. The normalized spacial score (nSPS) is 10.5. The predicted molar refractivity (Wildman–Crippen MR) is 58.1 cm³/mol. The third-order valence-corrected chi connectivity index (χ3v) is 2.53.